The summed E-state index contributed by atoms with van der Waals surface area (Å²) in [7, 11) is 0. The van der Waals surface area contributed by atoms with Gasteiger partial charge in [-0.25, -0.2) is 0 Å². The number of nitrogens with zero attached hydrogens (tertiary/aromatic N) is 2. The van der Waals surface area contributed by atoms with Gasteiger partial charge in [0.1, 0.15) is 5.75 Å². The van der Waals surface area contributed by atoms with E-state index in [4.69, 9.17) is 4.74 Å². The summed E-state index contributed by atoms with van der Waals surface area (Å²) in [5, 5.41) is 10.0. The van der Waals surface area contributed by atoms with Gasteiger partial charge in [-0.1, -0.05) is 13.8 Å². The summed E-state index contributed by atoms with van der Waals surface area (Å²) in [6.45, 7) is 10.5. The maximum atomic E-state index is 10.0. The molecule has 0 spiro atoms. The predicted molar refractivity (Wildman–Crippen MR) is 77.8 cm³/mol. The molecule has 0 unspecified atom stereocenters. The minimum atomic E-state index is 0.393. The standard InChI is InChI=1S/C15H24N2O2/c1-3-16(4-2)12-13-11-14(5-6-15(13)18)17-7-9-19-10-8-17/h5-6,11,18H,3-4,7-10,12H2,1-2H3. The molecule has 0 bridgehead atoms. The average Bonchev–Trinajstić information content (AvgIpc) is 2.47. The molecule has 1 aliphatic heterocycles. The van der Waals surface area contributed by atoms with Crippen molar-refractivity contribution >= 4 is 5.69 Å². The first-order valence-corrected chi connectivity index (χ1v) is 7.11. The van der Waals surface area contributed by atoms with Crippen molar-refractivity contribution in [2.45, 2.75) is 20.4 Å². The SMILES string of the molecule is CCN(CC)Cc1cc(N2CCOCC2)ccc1O. The molecule has 0 atom stereocenters. The second kappa shape index (κ2) is 6.78. The second-order valence-electron chi connectivity index (χ2n) is 4.87. The van der Waals surface area contributed by atoms with Gasteiger partial charge in [0, 0.05) is 30.9 Å². The number of phenols is 1. The maximum Gasteiger partial charge on any atom is 0.120 e. The fourth-order valence-corrected chi connectivity index (χ4v) is 2.40. The molecule has 0 amide bonds. The van der Waals surface area contributed by atoms with Gasteiger partial charge < -0.3 is 14.7 Å². The lowest BCUT2D eigenvalue weighted by atomic mass is 10.1. The third-order valence-corrected chi connectivity index (χ3v) is 3.73. The Kier molecular flexibility index (Phi) is 5.05. The molecule has 1 N–H and O–H groups in total. The van der Waals surface area contributed by atoms with Crippen LogP contribution < -0.4 is 4.90 Å². The van der Waals surface area contributed by atoms with Gasteiger partial charge in [-0.2, -0.15) is 0 Å². The number of rotatable bonds is 5. The average molecular weight is 264 g/mol. The third kappa shape index (κ3) is 3.61. The number of aromatic hydroxyl groups is 1. The zero-order valence-electron chi connectivity index (χ0n) is 11.9. The molecule has 1 heterocycles. The fourth-order valence-electron chi connectivity index (χ4n) is 2.40. The van der Waals surface area contributed by atoms with Crippen LogP contribution in [-0.4, -0.2) is 49.4 Å². The van der Waals surface area contributed by atoms with Crippen LogP contribution in [0.15, 0.2) is 18.2 Å². The summed E-state index contributed by atoms with van der Waals surface area (Å²) < 4.78 is 5.38. The van der Waals surface area contributed by atoms with E-state index in [2.05, 4.69) is 29.7 Å². The molecule has 0 aliphatic carbocycles. The number of hydrogen-bond donors (Lipinski definition) is 1. The maximum absolute atomic E-state index is 10.0. The van der Waals surface area contributed by atoms with Gasteiger partial charge >= 0.3 is 0 Å². The molecule has 1 saturated heterocycles. The zero-order valence-corrected chi connectivity index (χ0v) is 11.9. The highest BCUT2D eigenvalue weighted by atomic mass is 16.5. The Morgan fingerprint density at radius 3 is 2.53 bits per heavy atom. The summed E-state index contributed by atoms with van der Waals surface area (Å²) in [4.78, 5) is 4.62. The van der Waals surface area contributed by atoms with E-state index in [9.17, 15) is 5.11 Å². The largest absolute Gasteiger partial charge is 0.508 e. The molecule has 1 aromatic rings. The zero-order chi connectivity index (χ0) is 13.7. The summed E-state index contributed by atoms with van der Waals surface area (Å²) in [5.74, 6) is 0.393. The molecule has 1 aromatic carbocycles. The number of ether oxygens (including phenoxy) is 1. The van der Waals surface area contributed by atoms with E-state index >= 15 is 0 Å². The third-order valence-electron chi connectivity index (χ3n) is 3.73. The molecule has 0 aromatic heterocycles. The second-order valence-corrected chi connectivity index (χ2v) is 4.87. The highest BCUT2D eigenvalue weighted by molar-refractivity contribution is 5.53. The molecule has 0 saturated carbocycles. The van der Waals surface area contributed by atoms with Crippen LogP contribution in [0.2, 0.25) is 0 Å². The lowest BCUT2D eigenvalue weighted by Gasteiger charge is -2.29. The van der Waals surface area contributed by atoms with Crippen LogP contribution in [0.4, 0.5) is 5.69 Å². The number of benzene rings is 1. The van der Waals surface area contributed by atoms with Crippen LogP contribution in [0.25, 0.3) is 0 Å². The Hall–Kier alpha value is -1.26. The molecule has 2 rings (SSSR count). The normalized spacial score (nSPS) is 16.1. The molecule has 1 fully saturated rings. The summed E-state index contributed by atoms with van der Waals surface area (Å²) in [6.07, 6.45) is 0. The quantitative estimate of drug-likeness (QED) is 0.883. The van der Waals surface area contributed by atoms with Crippen LogP contribution in [0.5, 0.6) is 5.75 Å². The summed E-state index contributed by atoms with van der Waals surface area (Å²) in [5.41, 5.74) is 2.19. The van der Waals surface area contributed by atoms with Crippen molar-refractivity contribution < 1.29 is 9.84 Å². The van der Waals surface area contributed by atoms with Gasteiger partial charge in [0.25, 0.3) is 0 Å². The van der Waals surface area contributed by atoms with E-state index in [1.807, 2.05) is 12.1 Å². The Labute approximate surface area is 115 Å². The first-order chi connectivity index (χ1) is 9.24. The number of hydrogen-bond acceptors (Lipinski definition) is 4. The van der Waals surface area contributed by atoms with Crippen LogP contribution in [0.1, 0.15) is 19.4 Å². The topological polar surface area (TPSA) is 35.9 Å². The van der Waals surface area contributed by atoms with Crippen LogP contribution >= 0.6 is 0 Å². The van der Waals surface area contributed by atoms with E-state index in [-0.39, 0.29) is 0 Å². The van der Waals surface area contributed by atoms with E-state index in [0.717, 1.165) is 51.5 Å². The first-order valence-electron chi connectivity index (χ1n) is 7.11. The minimum Gasteiger partial charge on any atom is -0.508 e. The Bertz CT molecular complexity index is 399. The van der Waals surface area contributed by atoms with Gasteiger partial charge in [0.15, 0.2) is 0 Å². The van der Waals surface area contributed by atoms with Crippen molar-refractivity contribution in [3.8, 4) is 5.75 Å². The Balaban J connectivity index is 2.13. The van der Waals surface area contributed by atoms with Gasteiger partial charge in [-0.15, -0.1) is 0 Å². The summed E-state index contributed by atoms with van der Waals surface area (Å²) >= 11 is 0. The van der Waals surface area contributed by atoms with Crippen molar-refractivity contribution in [2.75, 3.05) is 44.3 Å². The molecule has 1 aliphatic rings. The Morgan fingerprint density at radius 1 is 1.21 bits per heavy atom. The van der Waals surface area contributed by atoms with Gasteiger partial charge in [0.05, 0.1) is 13.2 Å². The van der Waals surface area contributed by atoms with Crippen molar-refractivity contribution in [3.05, 3.63) is 23.8 Å². The van der Waals surface area contributed by atoms with Crippen molar-refractivity contribution in [3.63, 3.8) is 0 Å². The number of anilines is 1. The molecule has 4 nitrogen and oxygen atoms in total. The van der Waals surface area contributed by atoms with Crippen LogP contribution in [0.3, 0.4) is 0 Å². The molecular weight excluding hydrogens is 240 g/mol. The van der Waals surface area contributed by atoms with Crippen LogP contribution in [0, 0.1) is 0 Å². The van der Waals surface area contributed by atoms with E-state index in [0.29, 0.717) is 5.75 Å². The molecular formula is C15H24N2O2. The van der Waals surface area contributed by atoms with E-state index < -0.39 is 0 Å². The highest BCUT2D eigenvalue weighted by Gasteiger charge is 2.13. The van der Waals surface area contributed by atoms with Gasteiger partial charge in [0.2, 0.25) is 0 Å². The van der Waals surface area contributed by atoms with E-state index in [1.54, 1.807) is 0 Å². The number of phenolic OH excluding ortho intramolecular Hbond substituents is 1. The first kappa shape index (κ1) is 14.2. The van der Waals surface area contributed by atoms with Gasteiger partial charge in [-0.3, -0.25) is 4.90 Å². The lowest BCUT2D eigenvalue weighted by molar-refractivity contribution is 0.122. The highest BCUT2D eigenvalue weighted by Crippen LogP contribution is 2.25. The van der Waals surface area contributed by atoms with E-state index in [1.165, 1.54) is 5.69 Å². The lowest BCUT2D eigenvalue weighted by Crippen LogP contribution is -2.36. The molecule has 19 heavy (non-hydrogen) atoms. The van der Waals surface area contributed by atoms with Gasteiger partial charge in [-0.05, 0) is 31.3 Å². The predicted octanol–water partition coefficient (Wildman–Crippen LogP) is 2.07. The van der Waals surface area contributed by atoms with Crippen molar-refractivity contribution in [2.24, 2.45) is 0 Å². The van der Waals surface area contributed by atoms with Crippen molar-refractivity contribution in [1.82, 2.24) is 4.90 Å². The number of morpholine rings is 1. The van der Waals surface area contributed by atoms with Crippen molar-refractivity contribution in [1.29, 1.82) is 0 Å². The summed E-state index contributed by atoms with van der Waals surface area (Å²) in [6, 6.07) is 5.91. The van der Waals surface area contributed by atoms with Crippen LogP contribution in [-0.2, 0) is 11.3 Å². The molecule has 0 radical (unpaired) electrons. The fraction of sp³-hybridized carbons (Fsp3) is 0.600. The molecule has 106 valence electrons. The minimum absolute atomic E-state index is 0.393. The smallest absolute Gasteiger partial charge is 0.120 e. The molecule has 4 heteroatoms. The monoisotopic (exact) mass is 264 g/mol. The Morgan fingerprint density at radius 2 is 1.89 bits per heavy atom.